The number of nitrogens with two attached hydrogens (primary N) is 1. The molecule has 0 bridgehead atoms. The van der Waals surface area contributed by atoms with Crippen molar-refractivity contribution in [2.75, 3.05) is 39.0 Å². The molecule has 0 radical (unpaired) electrons. The molecule has 1 aromatic heterocycles. The number of anilines is 1. The number of hydrazine groups is 1. The third-order valence-electron chi connectivity index (χ3n) is 3.48. The zero-order valence-electron chi connectivity index (χ0n) is 12.4. The van der Waals surface area contributed by atoms with Gasteiger partial charge in [-0.15, -0.1) is 0 Å². The molecule has 1 amide bonds. The molecule has 6 nitrogen and oxygen atoms in total. The van der Waals surface area contributed by atoms with Gasteiger partial charge in [0.15, 0.2) is 0 Å². The number of amides is 1. The zero-order valence-corrected chi connectivity index (χ0v) is 12.4. The van der Waals surface area contributed by atoms with Crippen LogP contribution in [-0.2, 0) is 0 Å². The number of piperazine rings is 1. The van der Waals surface area contributed by atoms with Crippen LogP contribution in [0.2, 0.25) is 0 Å². The van der Waals surface area contributed by atoms with Crippen LogP contribution in [0.4, 0.5) is 5.82 Å². The van der Waals surface area contributed by atoms with Gasteiger partial charge in [-0.05, 0) is 25.1 Å². The third-order valence-corrected chi connectivity index (χ3v) is 3.48. The number of nitrogens with zero attached hydrogens (tertiary/aromatic N) is 3. The molecule has 2 heterocycles. The van der Waals surface area contributed by atoms with Crippen LogP contribution >= 0.6 is 0 Å². The summed E-state index contributed by atoms with van der Waals surface area (Å²) in [5.74, 6) is 0.513. The summed E-state index contributed by atoms with van der Waals surface area (Å²) in [7, 11) is 2.08. The first-order chi connectivity index (χ1) is 9.45. The summed E-state index contributed by atoms with van der Waals surface area (Å²) in [5, 5.41) is 1.95. The first-order valence-corrected chi connectivity index (χ1v) is 6.97. The Kier molecular flexibility index (Phi) is 4.57. The van der Waals surface area contributed by atoms with Crippen molar-refractivity contribution in [1.29, 1.82) is 0 Å². The van der Waals surface area contributed by atoms with Crippen molar-refractivity contribution in [2.45, 2.75) is 19.8 Å². The number of nitrogens with one attached hydrogen (secondary N) is 1. The highest BCUT2D eigenvalue weighted by Gasteiger charge is 2.17. The summed E-state index contributed by atoms with van der Waals surface area (Å²) in [6, 6.07) is 3.43. The minimum absolute atomic E-state index is 0.120. The van der Waals surface area contributed by atoms with Gasteiger partial charge in [0.1, 0.15) is 5.82 Å². The Morgan fingerprint density at radius 3 is 2.55 bits per heavy atom. The molecule has 20 heavy (non-hydrogen) atoms. The van der Waals surface area contributed by atoms with Crippen LogP contribution in [0.25, 0.3) is 0 Å². The van der Waals surface area contributed by atoms with Gasteiger partial charge in [-0.2, -0.15) is 0 Å². The molecule has 0 spiro atoms. The summed E-state index contributed by atoms with van der Waals surface area (Å²) < 4.78 is 0. The molecule has 1 aliphatic rings. The van der Waals surface area contributed by atoms with E-state index in [-0.39, 0.29) is 11.8 Å². The second-order valence-electron chi connectivity index (χ2n) is 5.59. The first-order valence-electron chi connectivity index (χ1n) is 6.97. The van der Waals surface area contributed by atoms with Gasteiger partial charge < -0.3 is 10.6 Å². The van der Waals surface area contributed by atoms with Crippen LogP contribution < -0.4 is 11.2 Å². The Labute approximate surface area is 119 Å². The van der Waals surface area contributed by atoms with Crippen LogP contribution in [0.5, 0.6) is 0 Å². The number of nitrogen functional groups attached to an aromatic ring is 1. The van der Waals surface area contributed by atoms with E-state index in [1.165, 1.54) is 0 Å². The van der Waals surface area contributed by atoms with Crippen LogP contribution in [0.1, 0.15) is 35.8 Å². The van der Waals surface area contributed by atoms with Crippen molar-refractivity contribution in [2.24, 2.45) is 0 Å². The second-order valence-corrected chi connectivity index (χ2v) is 5.59. The molecule has 1 aliphatic heterocycles. The summed E-state index contributed by atoms with van der Waals surface area (Å²) in [4.78, 5) is 18.8. The minimum atomic E-state index is -0.120. The van der Waals surface area contributed by atoms with Crippen LogP contribution in [-0.4, -0.2) is 54.0 Å². The van der Waals surface area contributed by atoms with Gasteiger partial charge >= 0.3 is 0 Å². The molecule has 0 aliphatic carbocycles. The van der Waals surface area contributed by atoms with Gasteiger partial charge in [-0.1, -0.05) is 13.8 Å². The van der Waals surface area contributed by atoms with Crippen molar-refractivity contribution in [3.8, 4) is 0 Å². The normalized spacial score (nSPS) is 17.4. The molecule has 1 fully saturated rings. The number of hydrogen-bond acceptors (Lipinski definition) is 5. The Balaban J connectivity index is 2.05. The highest BCUT2D eigenvalue weighted by Crippen LogP contribution is 2.16. The molecule has 3 N–H and O–H groups in total. The van der Waals surface area contributed by atoms with Crippen molar-refractivity contribution in [1.82, 2.24) is 20.3 Å². The molecule has 0 atom stereocenters. The summed E-state index contributed by atoms with van der Waals surface area (Å²) in [5.41, 5.74) is 10.1. The lowest BCUT2D eigenvalue weighted by atomic mass is 10.1. The fourth-order valence-electron chi connectivity index (χ4n) is 2.13. The van der Waals surface area contributed by atoms with Crippen molar-refractivity contribution >= 4 is 11.7 Å². The van der Waals surface area contributed by atoms with Gasteiger partial charge in [0.2, 0.25) is 0 Å². The Morgan fingerprint density at radius 1 is 1.30 bits per heavy atom. The highest BCUT2D eigenvalue weighted by molar-refractivity contribution is 5.94. The molecular weight excluding hydrogens is 254 g/mol. The predicted molar refractivity (Wildman–Crippen MR) is 79.3 cm³/mol. The lowest BCUT2D eigenvalue weighted by Gasteiger charge is -2.32. The smallest absolute Gasteiger partial charge is 0.265 e. The quantitative estimate of drug-likeness (QED) is 0.850. The van der Waals surface area contributed by atoms with E-state index in [2.05, 4.69) is 22.4 Å². The van der Waals surface area contributed by atoms with Crippen LogP contribution in [0.3, 0.4) is 0 Å². The maximum absolute atomic E-state index is 12.3. The maximum atomic E-state index is 12.3. The third kappa shape index (κ3) is 3.68. The van der Waals surface area contributed by atoms with Gasteiger partial charge in [-0.25, -0.2) is 9.99 Å². The molecule has 0 aromatic carbocycles. The van der Waals surface area contributed by atoms with Gasteiger partial charge in [-0.3, -0.25) is 10.2 Å². The Hall–Kier alpha value is -1.66. The number of hydrogen-bond donors (Lipinski definition) is 2. The van der Waals surface area contributed by atoms with E-state index in [9.17, 15) is 4.79 Å². The van der Waals surface area contributed by atoms with E-state index < -0.39 is 0 Å². The van der Waals surface area contributed by atoms with E-state index in [0.717, 1.165) is 31.9 Å². The van der Waals surface area contributed by atoms with E-state index >= 15 is 0 Å². The van der Waals surface area contributed by atoms with E-state index in [1.54, 1.807) is 6.07 Å². The average Bonchev–Trinajstić information content (AvgIpc) is 2.40. The number of likely N-dealkylation sites (N-methyl/N-ethyl adjacent to an activating group) is 1. The molecule has 0 unspecified atom stereocenters. The van der Waals surface area contributed by atoms with E-state index in [1.807, 2.05) is 24.9 Å². The Morgan fingerprint density at radius 2 is 1.95 bits per heavy atom. The fourth-order valence-corrected chi connectivity index (χ4v) is 2.13. The minimum Gasteiger partial charge on any atom is -0.384 e. The SMILES string of the molecule is CC(C)c1cc(C(=O)NN2CCN(C)CC2)cc(N)n1. The Bertz CT molecular complexity index is 480. The van der Waals surface area contributed by atoms with Gasteiger partial charge in [0, 0.05) is 37.4 Å². The maximum Gasteiger partial charge on any atom is 0.265 e. The number of pyridine rings is 1. The molecular formula is C14H23N5O. The fraction of sp³-hybridized carbons (Fsp3) is 0.571. The van der Waals surface area contributed by atoms with E-state index in [4.69, 9.17) is 5.73 Å². The van der Waals surface area contributed by atoms with Crippen LogP contribution in [0.15, 0.2) is 12.1 Å². The van der Waals surface area contributed by atoms with Crippen LogP contribution in [0, 0.1) is 0 Å². The first kappa shape index (κ1) is 14.7. The molecule has 6 heteroatoms. The van der Waals surface area contributed by atoms with Gasteiger partial charge in [0.05, 0.1) is 0 Å². The number of carbonyl (C=O) groups excluding carboxylic acids is 1. The lowest BCUT2D eigenvalue weighted by Crippen LogP contribution is -2.52. The average molecular weight is 277 g/mol. The largest absolute Gasteiger partial charge is 0.384 e. The molecule has 0 saturated carbocycles. The number of aromatic nitrogens is 1. The van der Waals surface area contributed by atoms with E-state index in [0.29, 0.717) is 11.4 Å². The summed E-state index contributed by atoms with van der Waals surface area (Å²) >= 11 is 0. The summed E-state index contributed by atoms with van der Waals surface area (Å²) in [6.07, 6.45) is 0. The topological polar surface area (TPSA) is 74.5 Å². The van der Waals surface area contributed by atoms with Crippen molar-refractivity contribution < 1.29 is 4.79 Å². The predicted octanol–water partition coefficient (Wildman–Crippen LogP) is 0.679. The second kappa shape index (κ2) is 6.19. The lowest BCUT2D eigenvalue weighted by molar-refractivity contribution is 0.0662. The zero-order chi connectivity index (χ0) is 14.7. The number of rotatable bonds is 3. The molecule has 110 valence electrons. The standard InChI is InChI=1S/C14H23N5O/c1-10(2)12-8-11(9-13(15)16-12)14(20)17-19-6-4-18(3)5-7-19/h8-10H,4-7H2,1-3H3,(H2,15,16)(H,17,20). The van der Waals surface area contributed by atoms with Gasteiger partial charge in [0.25, 0.3) is 5.91 Å². The van der Waals surface area contributed by atoms with Crippen molar-refractivity contribution in [3.63, 3.8) is 0 Å². The molecule has 1 aromatic rings. The molecule has 1 saturated heterocycles. The van der Waals surface area contributed by atoms with Crippen molar-refractivity contribution in [3.05, 3.63) is 23.4 Å². The highest BCUT2D eigenvalue weighted by atomic mass is 16.2. The molecule has 2 rings (SSSR count). The monoisotopic (exact) mass is 277 g/mol. The number of carbonyl (C=O) groups is 1. The summed E-state index contributed by atoms with van der Waals surface area (Å²) in [6.45, 7) is 7.64.